The minimum absolute atomic E-state index is 0. The quantitative estimate of drug-likeness (QED) is 0.343. The van der Waals surface area contributed by atoms with Crippen molar-refractivity contribution in [1.82, 2.24) is 0 Å². The molecule has 0 aromatic heterocycles. The average Bonchev–Trinajstić information content (AvgIpc) is 2.17. The second-order valence-electron chi connectivity index (χ2n) is 4.06. The Kier molecular flexibility index (Phi) is 18.6. The molecule has 0 aliphatic heterocycles. The molecule has 0 spiro atoms. The molecule has 0 aromatic carbocycles. The van der Waals surface area contributed by atoms with Crippen LogP contribution in [0.1, 0.15) is 59.3 Å². The van der Waals surface area contributed by atoms with Crippen LogP contribution in [-0.2, 0) is 0 Å². The summed E-state index contributed by atoms with van der Waals surface area (Å²) in [6.45, 7) is 7.00. The van der Waals surface area contributed by atoms with Crippen molar-refractivity contribution in [3.63, 3.8) is 0 Å². The van der Waals surface area contributed by atoms with E-state index in [9.17, 15) is 0 Å². The van der Waals surface area contributed by atoms with E-state index in [4.69, 9.17) is 0 Å². The monoisotopic (exact) mass is 419 g/mol. The molecule has 0 atom stereocenters. The third-order valence-corrected chi connectivity index (χ3v) is 11.7. The maximum Gasteiger partial charge on any atom is -0.107 e. The minimum Gasteiger partial charge on any atom is -0.107 e. The molecule has 87 valence electrons. The third-order valence-electron chi connectivity index (χ3n) is 2.65. The zero-order chi connectivity index (χ0) is 9.94. The average molecular weight is 418 g/mol. The molecule has 2 heteroatoms. The van der Waals surface area contributed by atoms with Crippen LogP contribution in [-0.4, -0.2) is 19.8 Å². The van der Waals surface area contributed by atoms with Crippen LogP contribution < -0.4 is 0 Å². The Bertz CT molecular complexity index is 77.3. The number of rotatable bonds is 9. The predicted octanol–water partition coefficient (Wildman–Crippen LogP) is 5.50. The van der Waals surface area contributed by atoms with Crippen LogP contribution in [0.3, 0.4) is 0 Å². The summed E-state index contributed by atoms with van der Waals surface area (Å²) in [5, 5.41) is 0. The Labute approximate surface area is 115 Å². The first-order chi connectivity index (χ1) is 6.35. The fraction of sp³-hybridized carbons (Fsp3) is 1.00. The van der Waals surface area contributed by atoms with Gasteiger partial charge in [0.1, 0.15) is 0 Å². The Morgan fingerprint density at radius 1 is 0.643 bits per heavy atom. The topological polar surface area (TPSA) is 0 Å². The van der Waals surface area contributed by atoms with E-state index < -0.39 is 19.8 Å². The van der Waals surface area contributed by atoms with Gasteiger partial charge in [-0.1, -0.05) is 0 Å². The SMILES string of the molecule is CCC[CH2][Sn]([CH2]CCC)[CH2]CCC.I. The van der Waals surface area contributed by atoms with Gasteiger partial charge >= 0.3 is 92.4 Å². The van der Waals surface area contributed by atoms with E-state index in [0.717, 1.165) is 0 Å². The van der Waals surface area contributed by atoms with Crippen molar-refractivity contribution in [3.05, 3.63) is 0 Å². The van der Waals surface area contributed by atoms with Crippen molar-refractivity contribution in [3.8, 4) is 0 Å². The van der Waals surface area contributed by atoms with Gasteiger partial charge in [0.15, 0.2) is 0 Å². The van der Waals surface area contributed by atoms with Gasteiger partial charge in [-0.15, -0.1) is 24.0 Å². The molecule has 0 aromatic rings. The molecule has 0 saturated carbocycles. The largest absolute Gasteiger partial charge is 0.107 e. The molecule has 0 fully saturated rings. The van der Waals surface area contributed by atoms with Gasteiger partial charge in [0.2, 0.25) is 0 Å². The molecule has 1 radical (unpaired) electrons. The van der Waals surface area contributed by atoms with Gasteiger partial charge in [-0.05, 0) is 0 Å². The molecule has 0 bridgehead atoms. The van der Waals surface area contributed by atoms with Gasteiger partial charge in [0.05, 0.1) is 0 Å². The van der Waals surface area contributed by atoms with E-state index in [1.54, 1.807) is 13.3 Å². The second-order valence-corrected chi connectivity index (χ2v) is 12.6. The van der Waals surface area contributed by atoms with E-state index in [2.05, 4.69) is 20.8 Å². The van der Waals surface area contributed by atoms with Gasteiger partial charge in [-0.3, -0.25) is 0 Å². The van der Waals surface area contributed by atoms with Crippen LogP contribution in [0.2, 0.25) is 13.3 Å². The Hall–Kier alpha value is 1.53. The summed E-state index contributed by atoms with van der Waals surface area (Å²) in [4.78, 5) is 0. The van der Waals surface area contributed by atoms with Crippen LogP contribution in [0.25, 0.3) is 0 Å². The van der Waals surface area contributed by atoms with Crippen LogP contribution in [0.15, 0.2) is 0 Å². The Morgan fingerprint density at radius 2 is 0.929 bits per heavy atom. The molecule has 0 N–H and O–H groups in total. The van der Waals surface area contributed by atoms with Crippen LogP contribution in [0.5, 0.6) is 0 Å². The zero-order valence-corrected chi connectivity index (χ0v) is 15.5. The number of hydrogen-bond donors (Lipinski definition) is 0. The summed E-state index contributed by atoms with van der Waals surface area (Å²) in [5.41, 5.74) is 0. The fourth-order valence-corrected chi connectivity index (χ4v) is 11.1. The molecule has 0 unspecified atom stereocenters. The molecule has 14 heavy (non-hydrogen) atoms. The minimum atomic E-state index is -0.839. The predicted molar refractivity (Wildman–Crippen MR) is 80.3 cm³/mol. The summed E-state index contributed by atoms with van der Waals surface area (Å²) >= 11 is -0.839. The molecule has 0 nitrogen and oxygen atoms in total. The van der Waals surface area contributed by atoms with Crippen molar-refractivity contribution in [1.29, 1.82) is 0 Å². The van der Waals surface area contributed by atoms with Crippen molar-refractivity contribution in [2.45, 2.75) is 72.6 Å². The van der Waals surface area contributed by atoms with Crippen LogP contribution in [0, 0.1) is 0 Å². The summed E-state index contributed by atoms with van der Waals surface area (Å²) in [6.07, 6.45) is 8.85. The molecule has 0 saturated heterocycles. The first kappa shape index (κ1) is 17.9. The maximum atomic E-state index is 2.33. The third kappa shape index (κ3) is 11.6. The summed E-state index contributed by atoms with van der Waals surface area (Å²) in [7, 11) is 0. The molecule has 0 rings (SSSR count). The maximum absolute atomic E-state index is 2.33. The number of hydrogen-bond acceptors (Lipinski definition) is 0. The van der Waals surface area contributed by atoms with E-state index in [1.807, 2.05) is 0 Å². The molecular weight excluding hydrogens is 390 g/mol. The zero-order valence-electron chi connectivity index (χ0n) is 10.3. The first-order valence-electron chi connectivity index (χ1n) is 6.18. The van der Waals surface area contributed by atoms with E-state index in [-0.39, 0.29) is 24.0 Å². The van der Waals surface area contributed by atoms with E-state index >= 15 is 0 Å². The smallest absolute Gasteiger partial charge is 0.107 e. The van der Waals surface area contributed by atoms with Crippen molar-refractivity contribution < 1.29 is 0 Å². The first-order valence-corrected chi connectivity index (χ1v) is 12.2. The van der Waals surface area contributed by atoms with Gasteiger partial charge in [-0.25, -0.2) is 0 Å². The number of unbranched alkanes of at least 4 members (excludes halogenated alkanes) is 3. The van der Waals surface area contributed by atoms with Gasteiger partial charge in [0, 0.05) is 0 Å². The van der Waals surface area contributed by atoms with E-state index in [1.165, 1.54) is 38.5 Å². The van der Waals surface area contributed by atoms with Crippen molar-refractivity contribution in [2.24, 2.45) is 0 Å². The van der Waals surface area contributed by atoms with Gasteiger partial charge in [0.25, 0.3) is 0 Å². The summed E-state index contributed by atoms with van der Waals surface area (Å²) < 4.78 is 5.04. The van der Waals surface area contributed by atoms with Crippen LogP contribution >= 0.6 is 24.0 Å². The standard InChI is InChI=1S/3C4H9.HI.Sn/c3*1-3-4-2;;/h3*1,3-4H2,2H3;1H;. The van der Waals surface area contributed by atoms with Crippen molar-refractivity contribution in [2.75, 3.05) is 0 Å². The molecule has 0 aliphatic carbocycles. The molecule has 0 amide bonds. The molecule has 0 aliphatic rings. The fourth-order valence-electron chi connectivity index (χ4n) is 1.66. The van der Waals surface area contributed by atoms with E-state index in [0.29, 0.717) is 0 Å². The molecule has 0 heterocycles. The van der Waals surface area contributed by atoms with Gasteiger partial charge in [-0.2, -0.15) is 0 Å². The Morgan fingerprint density at radius 3 is 1.14 bits per heavy atom. The summed E-state index contributed by atoms with van der Waals surface area (Å²) in [6, 6.07) is 0. The Balaban J connectivity index is 0. The van der Waals surface area contributed by atoms with Crippen LogP contribution in [0.4, 0.5) is 0 Å². The second kappa shape index (κ2) is 14.5. The number of halogens is 1. The molecular formula is C12H28ISn. The normalized spacial score (nSPS) is 10.3. The summed E-state index contributed by atoms with van der Waals surface area (Å²) in [5.74, 6) is 0. The van der Waals surface area contributed by atoms with Gasteiger partial charge < -0.3 is 0 Å². The van der Waals surface area contributed by atoms with Crippen molar-refractivity contribution >= 4 is 43.7 Å².